The Labute approximate surface area is 177 Å². The Balaban J connectivity index is 1.79. The van der Waals surface area contributed by atoms with E-state index in [-0.39, 0.29) is 5.75 Å². The van der Waals surface area contributed by atoms with Gasteiger partial charge in [-0.2, -0.15) is 5.10 Å². The highest BCUT2D eigenvalue weighted by Gasteiger charge is 2.12. The molecule has 0 radical (unpaired) electrons. The Morgan fingerprint density at radius 3 is 2.52 bits per heavy atom. The number of phenols is 1. The lowest BCUT2D eigenvalue weighted by Gasteiger charge is -2.10. The molecule has 0 unspecified atom stereocenters. The Kier molecular flexibility index (Phi) is 5.34. The number of phenolic OH excluding ortho intramolecular Hbond substituents is 1. The van der Waals surface area contributed by atoms with Gasteiger partial charge in [0, 0.05) is 21.5 Å². The molecule has 0 bridgehead atoms. The number of halogens is 2. The lowest BCUT2D eigenvalue weighted by atomic mass is 10.1. The van der Waals surface area contributed by atoms with Gasteiger partial charge < -0.3 is 5.11 Å². The fourth-order valence-corrected chi connectivity index (χ4v) is 3.42. The quantitative estimate of drug-likeness (QED) is 0.305. The number of fused-ring (bicyclic) bond motifs is 1. The van der Waals surface area contributed by atoms with Crippen molar-refractivity contribution >= 4 is 45.6 Å². The number of para-hydroxylation sites is 2. The van der Waals surface area contributed by atoms with Gasteiger partial charge >= 0.3 is 0 Å². The van der Waals surface area contributed by atoms with E-state index in [9.17, 15) is 5.11 Å². The van der Waals surface area contributed by atoms with E-state index in [1.165, 1.54) is 0 Å². The number of anilines is 1. The minimum Gasteiger partial charge on any atom is -0.507 e. The number of hydrogen-bond acceptors (Lipinski definition) is 5. The van der Waals surface area contributed by atoms with Crippen LogP contribution in [0.2, 0.25) is 10.0 Å². The molecule has 0 saturated heterocycles. The van der Waals surface area contributed by atoms with E-state index in [1.54, 1.807) is 36.4 Å². The maximum Gasteiger partial charge on any atom is 0.163 e. The van der Waals surface area contributed by atoms with Crippen molar-refractivity contribution in [3.8, 4) is 17.1 Å². The van der Waals surface area contributed by atoms with Crippen LogP contribution in [-0.4, -0.2) is 20.8 Å². The lowest BCUT2D eigenvalue weighted by Crippen LogP contribution is -2.03. The maximum atomic E-state index is 10.0. The van der Waals surface area contributed by atoms with Crippen molar-refractivity contribution in [3.05, 3.63) is 82.3 Å². The van der Waals surface area contributed by atoms with Gasteiger partial charge in [-0.15, -0.1) is 0 Å². The molecule has 5 nitrogen and oxygen atoms in total. The van der Waals surface area contributed by atoms with E-state index in [4.69, 9.17) is 23.2 Å². The second-order valence-electron chi connectivity index (χ2n) is 6.36. The van der Waals surface area contributed by atoms with Crippen LogP contribution in [0.3, 0.4) is 0 Å². The van der Waals surface area contributed by atoms with Gasteiger partial charge in [-0.1, -0.05) is 47.5 Å². The summed E-state index contributed by atoms with van der Waals surface area (Å²) in [4.78, 5) is 9.26. The second kappa shape index (κ2) is 8.07. The van der Waals surface area contributed by atoms with Crippen molar-refractivity contribution < 1.29 is 5.11 Å². The molecule has 1 aromatic heterocycles. The fraction of sp³-hybridized carbons (Fsp3) is 0.0455. The molecular formula is C22H16Cl2N4O. The molecule has 0 aliphatic rings. The molecule has 0 fully saturated rings. The van der Waals surface area contributed by atoms with Crippen LogP contribution in [0.15, 0.2) is 71.8 Å². The van der Waals surface area contributed by atoms with Gasteiger partial charge in [0.05, 0.1) is 16.3 Å². The van der Waals surface area contributed by atoms with Gasteiger partial charge in [0.1, 0.15) is 5.75 Å². The van der Waals surface area contributed by atoms with Crippen molar-refractivity contribution in [2.45, 2.75) is 6.92 Å². The van der Waals surface area contributed by atoms with E-state index in [1.807, 2.05) is 37.3 Å². The van der Waals surface area contributed by atoms with E-state index >= 15 is 0 Å². The summed E-state index contributed by atoms with van der Waals surface area (Å²) in [5.41, 5.74) is 5.69. The molecule has 0 amide bonds. The molecular weight excluding hydrogens is 407 g/mol. The first-order valence-electron chi connectivity index (χ1n) is 8.84. The zero-order chi connectivity index (χ0) is 20.4. The molecule has 7 heteroatoms. The van der Waals surface area contributed by atoms with Crippen LogP contribution in [0.25, 0.3) is 22.3 Å². The first-order valence-corrected chi connectivity index (χ1v) is 9.59. The summed E-state index contributed by atoms with van der Waals surface area (Å²) in [5, 5.41) is 16.3. The largest absolute Gasteiger partial charge is 0.507 e. The number of aromatic nitrogens is 2. The first-order chi connectivity index (χ1) is 14.0. The molecule has 2 N–H and O–H groups in total. The van der Waals surface area contributed by atoms with Crippen LogP contribution in [-0.2, 0) is 0 Å². The summed E-state index contributed by atoms with van der Waals surface area (Å²) >= 11 is 12.4. The Morgan fingerprint density at radius 1 is 0.966 bits per heavy atom. The van der Waals surface area contributed by atoms with Crippen LogP contribution >= 0.6 is 23.2 Å². The van der Waals surface area contributed by atoms with E-state index < -0.39 is 0 Å². The minimum atomic E-state index is 0.164. The molecule has 29 heavy (non-hydrogen) atoms. The number of aromatic hydroxyl groups is 1. The predicted octanol–water partition coefficient (Wildman–Crippen LogP) is 6.15. The van der Waals surface area contributed by atoms with E-state index in [0.29, 0.717) is 38.5 Å². The Bertz CT molecular complexity index is 1240. The summed E-state index contributed by atoms with van der Waals surface area (Å²) in [6.45, 7) is 1.81. The standard InChI is InChI=1S/C22H16Cl2N4O/c1-13(15-6-3-5-9-20(15)29)27-28-22-17-7-2-4-8-19(17)25-21(26-22)16-11-10-14(23)12-18(16)24/h2-12,29H,1H3,(H,25,26,28)/b27-13-. The molecule has 1 heterocycles. The van der Waals surface area contributed by atoms with Gasteiger partial charge in [-0.05, 0) is 49.4 Å². The number of nitrogens with one attached hydrogen (secondary N) is 1. The minimum absolute atomic E-state index is 0.164. The van der Waals surface area contributed by atoms with E-state index in [0.717, 1.165) is 10.9 Å². The molecule has 0 aliphatic heterocycles. The average Bonchev–Trinajstić information content (AvgIpc) is 2.72. The van der Waals surface area contributed by atoms with Gasteiger partial charge in [0.15, 0.2) is 11.6 Å². The van der Waals surface area contributed by atoms with Gasteiger partial charge in [0.25, 0.3) is 0 Å². The zero-order valence-corrected chi connectivity index (χ0v) is 16.9. The van der Waals surface area contributed by atoms with Crippen LogP contribution in [0, 0.1) is 0 Å². The smallest absolute Gasteiger partial charge is 0.163 e. The highest BCUT2D eigenvalue weighted by Crippen LogP contribution is 2.31. The Hall–Kier alpha value is -3.15. The van der Waals surface area contributed by atoms with Crippen molar-refractivity contribution in [3.63, 3.8) is 0 Å². The summed E-state index contributed by atoms with van der Waals surface area (Å²) in [6.07, 6.45) is 0. The van der Waals surface area contributed by atoms with Crippen molar-refractivity contribution in [2.24, 2.45) is 5.10 Å². The van der Waals surface area contributed by atoms with Crippen molar-refractivity contribution in [2.75, 3.05) is 5.43 Å². The monoisotopic (exact) mass is 422 g/mol. The summed E-state index contributed by atoms with van der Waals surface area (Å²) < 4.78 is 0. The van der Waals surface area contributed by atoms with Gasteiger partial charge in [-0.25, -0.2) is 9.97 Å². The molecule has 0 atom stereocenters. The molecule has 4 aromatic rings. The summed E-state index contributed by atoms with van der Waals surface area (Å²) in [7, 11) is 0. The summed E-state index contributed by atoms with van der Waals surface area (Å²) in [6, 6.07) is 19.8. The average molecular weight is 423 g/mol. The molecule has 0 spiro atoms. The maximum absolute atomic E-state index is 10.0. The first kappa shape index (κ1) is 19.2. The second-order valence-corrected chi connectivity index (χ2v) is 7.21. The number of nitrogens with zero attached hydrogens (tertiary/aromatic N) is 3. The van der Waals surface area contributed by atoms with E-state index in [2.05, 4.69) is 20.5 Å². The highest BCUT2D eigenvalue weighted by atomic mass is 35.5. The molecule has 4 rings (SSSR count). The SMILES string of the molecule is C/C(=N/Nc1nc(-c2ccc(Cl)cc2Cl)nc2ccccc12)c1ccccc1O. The van der Waals surface area contributed by atoms with Crippen molar-refractivity contribution in [1.82, 2.24) is 9.97 Å². The van der Waals surface area contributed by atoms with Gasteiger partial charge in [-0.3, -0.25) is 5.43 Å². The molecule has 0 aliphatic carbocycles. The van der Waals surface area contributed by atoms with Crippen LogP contribution < -0.4 is 5.43 Å². The van der Waals surface area contributed by atoms with Crippen LogP contribution in [0.1, 0.15) is 12.5 Å². The number of hydrazone groups is 1. The third-order valence-corrected chi connectivity index (χ3v) is 4.95. The lowest BCUT2D eigenvalue weighted by molar-refractivity contribution is 0.474. The third kappa shape index (κ3) is 4.01. The number of hydrogen-bond donors (Lipinski definition) is 2. The predicted molar refractivity (Wildman–Crippen MR) is 119 cm³/mol. The number of benzene rings is 3. The normalized spacial score (nSPS) is 11.6. The Morgan fingerprint density at radius 2 is 1.72 bits per heavy atom. The van der Waals surface area contributed by atoms with Crippen molar-refractivity contribution in [1.29, 1.82) is 0 Å². The molecule has 0 saturated carbocycles. The molecule has 3 aromatic carbocycles. The zero-order valence-electron chi connectivity index (χ0n) is 15.4. The fourth-order valence-electron chi connectivity index (χ4n) is 2.93. The number of rotatable bonds is 4. The summed E-state index contributed by atoms with van der Waals surface area (Å²) in [5.74, 6) is 1.16. The van der Waals surface area contributed by atoms with Crippen LogP contribution in [0.5, 0.6) is 5.75 Å². The molecule has 144 valence electrons. The topological polar surface area (TPSA) is 70.4 Å². The third-order valence-electron chi connectivity index (χ3n) is 4.40. The van der Waals surface area contributed by atoms with Crippen LogP contribution in [0.4, 0.5) is 5.82 Å². The van der Waals surface area contributed by atoms with Gasteiger partial charge in [0.2, 0.25) is 0 Å². The highest BCUT2D eigenvalue weighted by molar-refractivity contribution is 6.36.